The second kappa shape index (κ2) is 12.0. The highest BCUT2D eigenvalue weighted by Crippen LogP contribution is 2.49. The van der Waals surface area contributed by atoms with Crippen molar-refractivity contribution in [2.45, 2.75) is 18.6 Å². The molecule has 39 heavy (non-hydrogen) atoms. The van der Waals surface area contributed by atoms with Gasteiger partial charge in [-0.3, -0.25) is 14.5 Å². The number of nitrogens with one attached hydrogen (secondary N) is 1. The summed E-state index contributed by atoms with van der Waals surface area (Å²) in [6.07, 6.45) is 0.803. The van der Waals surface area contributed by atoms with Crippen molar-refractivity contribution >= 4 is 41.0 Å². The van der Waals surface area contributed by atoms with E-state index < -0.39 is 0 Å². The number of halogens is 1. The summed E-state index contributed by atoms with van der Waals surface area (Å²) in [5, 5.41) is 8.31. The monoisotopic (exact) mass is 560 g/mol. The van der Waals surface area contributed by atoms with Gasteiger partial charge in [-0.1, -0.05) is 67.1 Å². The van der Waals surface area contributed by atoms with Crippen LogP contribution in [0.25, 0.3) is 16.9 Å². The van der Waals surface area contributed by atoms with Gasteiger partial charge in [0.25, 0.3) is 0 Å². The van der Waals surface area contributed by atoms with Gasteiger partial charge in [-0.15, -0.1) is 11.8 Å². The predicted octanol–water partition coefficient (Wildman–Crippen LogP) is 5.90. The van der Waals surface area contributed by atoms with Gasteiger partial charge in [-0.05, 0) is 42.3 Å². The molecule has 1 aromatic heterocycles. The van der Waals surface area contributed by atoms with E-state index in [2.05, 4.69) is 5.32 Å². The minimum Gasteiger partial charge on any atom is -0.497 e. The number of nitrogens with zero attached hydrogens (tertiary/aromatic N) is 3. The Hall–Kier alpha value is -3.75. The Morgan fingerprint density at radius 2 is 1.79 bits per heavy atom. The van der Waals surface area contributed by atoms with Gasteiger partial charge in [-0.2, -0.15) is 5.10 Å². The summed E-state index contributed by atoms with van der Waals surface area (Å²) in [4.78, 5) is 28.2. The topological polar surface area (TPSA) is 76.5 Å². The lowest BCUT2D eigenvalue weighted by Crippen LogP contribution is -2.42. The van der Waals surface area contributed by atoms with E-state index in [9.17, 15) is 9.59 Å². The molecule has 5 rings (SSSR count). The van der Waals surface area contributed by atoms with Crippen molar-refractivity contribution in [3.63, 3.8) is 0 Å². The van der Waals surface area contributed by atoms with Crippen LogP contribution in [0.3, 0.4) is 0 Å². The maximum atomic E-state index is 13.7. The molecule has 0 saturated heterocycles. The van der Waals surface area contributed by atoms with Crippen LogP contribution in [-0.2, 0) is 9.59 Å². The summed E-state index contributed by atoms with van der Waals surface area (Å²) in [5.74, 6) is 1.06. The van der Waals surface area contributed by atoms with Crippen molar-refractivity contribution in [2.24, 2.45) is 0 Å². The standard InChI is InChI=1S/C30H29ClN4O3S/c1-3-17-32-25(36)18-34-26(37)19-39-29(23-11-7-8-12-24(23)31)27-28(20-9-5-4-6-10-20)33-35(30(27)34)21-13-15-22(38-2)16-14-21/h4-16,29H,3,17-19H2,1-2H3,(H,32,36). The van der Waals surface area contributed by atoms with E-state index in [1.54, 1.807) is 16.7 Å². The average Bonchev–Trinajstić information content (AvgIpc) is 3.30. The van der Waals surface area contributed by atoms with E-state index in [-0.39, 0.29) is 29.4 Å². The van der Waals surface area contributed by atoms with Crippen molar-refractivity contribution in [1.82, 2.24) is 15.1 Å². The first-order valence-electron chi connectivity index (χ1n) is 12.8. The van der Waals surface area contributed by atoms with Gasteiger partial charge < -0.3 is 10.1 Å². The fraction of sp³-hybridized carbons (Fsp3) is 0.233. The highest BCUT2D eigenvalue weighted by atomic mass is 35.5. The molecule has 7 nitrogen and oxygen atoms in total. The molecule has 0 bridgehead atoms. The van der Waals surface area contributed by atoms with Gasteiger partial charge >= 0.3 is 0 Å². The van der Waals surface area contributed by atoms with Crippen LogP contribution in [0, 0.1) is 0 Å². The van der Waals surface area contributed by atoms with E-state index in [4.69, 9.17) is 21.4 Å². The molecule has 1 unspecified atom stereocenters. The zero-order chi connectivity index (χ0) is 27.4. The summed E-state index contributed by atoms with van der Waals surface area (Å²) >= 11 is 8.22. The number of methoxy groups -OCH3 is 1. The van der Waals surface area contributed by atoms with Gasteiger partial charge in [0.2, 0.25) is 11.8 Å². The number of carbonyl (C=O) groups is 2. The van der Waals surface area contributed by atoms with Crippen molar-refractivity contribution in [2.75, 3.05) is 30.9 Å². The number of anilines is 1. The van der Waals surface area contributed by atoms with Crippen molar-refractivity contribution < 1.29 is 14.3 Å². The lowest BCUT2D eigenvalue weighted by molar-refractivity contribution is -0.122. The number of thioether (sulfide) groups is 1. The zero-order valence-corrected chi connectivity index (χ0v) is 23.3. The highest BCUT2D eigenvalue weighted by molar-refractivity contribution is 8.00. The Bertz CT molecular complexity index is 1470. The number of benzene rings is 3. The van der Waals surface area contributed by atoms with Crippen LogP contribution >= 0.6 is 23.4 Å². The number of carbonyl (C=O) groups excluding carboxylic acids is 2. The van der Waals surface area contributed by atoms with Crippen LogP contribution in [-0.4, -0.2) is 47.5 Å². The molecule has 1 N–H and O–H groups in total. The minimum absolute atomic E-state index is 0.113. The van der Waals surface area contributed by atoms with Gasteiger partial charge in [0.15, 0.2) is 0 Å². The van der Waals surface area contributed by atoms with E-state index in [1.807, 2.05) is 85.8 Å². The molecule has 2 heterocycles. The SMILES string of the molecule is CCCNC(=O)CN1C(=O)CSC(c2ccccc2Cl)c2c(-c3ccccc3)nn(-c3ccc(OC)cc3)c21. The molecule has 0 radical (unpaired) electrons. The molecule has 3 aromatic carbocycles. The minimum atomic E-state index is -0.288. The summed E-state index contributed by atoms with van der Waals surface area (Å²) in [6.45, 7) is 2.42. The van der Waals surface area contributed by atoms with Gasteiger partial charge in [0, 0.05) is 22.7 Å². The number of hydrogen-bond acceptors (Lipinski definition) is 5. The molecular formula is C30H29ClN4O3S. The van der Waals surface area contributed by atoms with Gasteiger partial charge in [-0.25, -0.2) is 4.68 Å². The van der Waals surface area contributed by atoms with Crippen LogP contribution < -0.4 is 15.0 Å². The van der Waals surface area contributed by atoms with Crippen LogP contribution in [0.2, 0.25) is 5.02 Å². The number of rotatable bonds is 8. The van der Waals surface area contributed by atoms with Crippen LogP contribution in [0.5, 0.6) is 5.75 Å². The largest absolute Gasteiger partial charge is 0.497 e. The second-order valence-electron chi connectivity index (χ2n) is 9.10. The van der Waals surface area contributed by atoms with Gasteiger partial charge in [0.1, 0.15) is 18.1 Å². The highest BCUT2D eigenvalue weighted by Gasteiger charge is 2.38. The number of aromatic nitrogens is 2. The van der Waals surface area contributed by atoms with Crippen molar-refractivity contribution in [1.29, 1.82) is 0 Å². The fourth-order valence-corrected chi connectivity index (χ4v) is 6.17. The smallest absolute Gasteiger partial charge is 0.240 e. The number of ether oxygens (including phenoxy) is 1. The van der Waals surface area contributed by atoms with Crippen LogP contribution in [0.15, 0.2) is 78.9 Å². The number of amides is 2. The lowest BCUT2D eigenvalue weighted by Gasteiger charge is -2.23. The molecule has 200 valence electrons. The molecule has 1 aliphatic heterocycles. The van der Waals surface area contributed by atoms with E-state index in [1.165, 1.54) is 11.8 Å². The Kier molecular flexibility index (Phi) is 8.24. The molecular weight excluding hydrogens is 532 g/mol. The summed E-state index contributed by atoms with van der Waals surface area (Å²) < 4.78 is 7.13. The zero-order valence-electron chi connectivity index (χ0n) is 21.8. The molecule has 0 saturated carbocycles. The molecule has 1 aliphatic rings. The van der Waals surface area contributed by atoms with Crippen molar-refractivity contribution in [3.05, 3.63) is 95.0 Å². The number of fused-ring (bicyclic) bond motifs is 1. The Labute approximate surface area is 237 Å². The predicted molar refractivity (Wildman–Crippen MR) is 157 cm³/mol. The molecule has 0 spiro atoms. The maximum absolute atomic E-state index is 13.7. The third kappa shape index (κ3) is 5.53. The first-order valence-corrected chi connectivity index (χ1v) is 14.2. The first-order chi connectivity index (χ1) is 19.0. The average molecular weight is 561 g/mol. The third-order valence-corrected chi connectivity index (χ3v) is 8.10. The third-order valence-electron chi connectivity index (χ3n) is 6.51. The summed E-state index contributed by atoms with van der Waals surface area (Å²) in [7, 11) is 1.61. The number of hydrogen-bond donors (Lipinski definition) is 1. The molecule has 0 fully saturated rings. The Morgan fingerprint density at radius 3 is 2.49 bits per heavy atom. The Morgan fingerprint density at radius 1 is 1.08 bits per heavy atom. The van der Waals surface area contributed by atoms with Gasteiger partial charge in [0.05, 0.1) is 29.5 Å². The quantitative estimate of drug-likeness (QED) is 0.290. The molecule has 0 aliphatic carbocycles. The van der Waals surface area contributed by atoms with E-state index in [0.717, 1.165) is 34.5 Å². The normalized spacial score (nSPS) is 15.0. The molecule has 4 aromatic rings. The lowest BCUT2D eigenvalue weighted by atomic mass is 9.99. The van der Waals surface area contributed by atoms with Crippen LogP contribution in [0.1, 0.15) is 29.7 Å². The van der Waals surface area contributed by atoms with Crippen LogP contribution in [0.4, 0.5) is 5.82 Å². The van der Waals surface area contributed by atoms with E-state index >= 15 is 0 Å². The Balaban J connectivity index is 1.79. The fourth-order valence-electron chi connectivity index (χ4n) is 4.63. The summed E-state index contributed by atoms with van der Waals surface area (Å²) in [5.41, 5.74) is 4.10. The molecule has 2 amide bonds. The second-order valence-corrected chi connectivity index (χ2v) is 10.6. The maximum Gasteiger partial charge on any atom is 0.240 e. The van der Waals surface area contributed by atoms with Crippen molar-refractivity contribution in [3.8, 4) is 22.7 Å². The first kappa shape index (κ1) is 26.8. The molecule has 9 heteroatoms. The molecule has 1 atom stereocenters. The van der Waals surface area contributed by atoms with E-state index in [0.29, 0.717) is 23.1 Å². The summed E-state index contributed by atoms with van der Waals surface area (Å²) in [6, 6.07) is 25.0.